The zero-order chi connectivity index (χ0) is 20.3. The minimum atomic E-state index is -0.238. The lowest BCUT2D eigenvalue weighted by Crippen LogP contribution is -2.43. The van der Waals surface area contributed by atoms with Gasteiger partial charge in [0.05, 0.1) is 16.7 Å². The average Bonchev–Trinajstić information content (AvgIpc) is 3.10. The van der Waals surface area contributed by atoms with Crippen LogP contribution in [0.4, 0.5) is 0 Å². The highest BCUT2D eigenvalue weighted by Crippen LogP contribution is 2.22. The molecule has 3 aromatic rings. The molecule has 2 heterocycles. The maximum atomic E-state index is 12.9. The summed E-state index contributed by atoms with van der Waals surface area (Å²) >= 11 is 1.33. The summed E-state index contributed by atoms with van der Waals surface area (Å²) in [5.74, 6) is 0.721. The standard InChI is InChI=1S/C20H27N5O2S/c1-5-7-12-24-17(27)14-10-8-9-11-15(14)25-18(24)22-23-19(25)28-13-16(26)21-20(3,4)6-2/h8-11H,5-7,12-13H2,1-4H3,(H,21,26). The van der Waals surface area contributed by atoms with Gasteiger partial charge in [-0.1, -0.05) is 44.2 Å². The number of fused-ring (bicyclic) bond motifs is 3. The predicted octanol–water partition coefficient (Wildman–Crippen LogP) is 3.24. The lowest BCUT2D eigenvalue weighted by Gasteiger charge is -2.24. The van der Waals surface area contributed by atoms with E-state index in [1.54, 1.807) is 4.57 Å². The number of benzene rings is 1. The fraction of sp³-hybridized carbons (Fsp3) is 0.500. The predicted molar refractivity (Wildman–Crippen MR) is 113 cm³/mol. The Labute approximate surface area is 168 Å². The molecule has 1 amide bonds. The Balaban J connectivity index is 2.00. The van der Waals surface area contributed by atoms with Crippen molar-refractivity contribution in [1.29, 1.82) is 0 Å². The van der Waals surface area contributed by atoms with Crippen LogP contribution in [0.3, 0.4) is 0 Å². The molecule has 28 heavy (non-hydrogen) atoms. The molecular weight excluding hydrogens is 374 g/mol. The fourth-order valence-corrected chi connectivity index (χ4v) is 3.72. The molecule has 0 saturated carbocycles. The molecule has 2 aromatic heterocycles. The number of thioether (sulfide) groups is 1. The van der Waals surface area contributed by atoms with Crippen molar-refractivity contribution in [3.8, 4) is 0 Å². The number of amides is 1. The number of carbonyl (C=O) groups excluding carboxylic acids is 1. The largest absolute Gasteiger partial charge is 0.351 e. The quantitative estimate of drug-likeness (QED) is 0.586. The molecule has 0 unspecified atom stereocenters. The molecule has 7 nitrogen and oxygen atoms in total. The molecule has 0 aliphatic heterocycles. The minimum Gasteiger partial charge on any atom is -0.351 e. The molecule has 0 atom stereocenters. The summed E-state index contributed by atoms with van der Waals surface area (Å²) in [6, 6.07) is 7.46. The Hall–Kier alpha value is -2.35. The number of hydrogen-bond donors (Lipinski definition) is 1. The summed E-state index contributed by atoms with van der Waals surface area (Å²) in [6.07, 6.45) is 2.72. The molecule has 1 N–H and O–H groups in total. The van der Waals surface area contributed by atoms with E-state index < -0.39 is 0 Å². The Morgan fingerprint density at radius 3 is 2.68 bits per heavy atom. The van der Waals surface area contributed by atoms with E-state index in [2.05, 4.69) is 22.4 Å². The second-order valence-corrected chi connectivity index (χ2v) is 8.46. The first-order valence-corrected chi connectivity index (χ1v) is 10.7. The van der Waals surface area contributed by atoms with Gasteiger partial charge in [0.15, 0.2) is 5.16 Å². The molecule has 0 bridgehead atoms. The summed E-state index contributed by atoms with van der Waals surface area (Å²) < 4.78 is 3.57. The van der Waals surface area contributed by atoms with E-state index in [1.807, 2.05) is 49.4 Å². The fourth-order valence-electron chi connectivity index (χ4n) is 2.98. The van der Waals surface area contributed by atoms with Gasteiger partial charge in [-0.25, -0.2) is 0 Å². The number of aryl methyl sites for hydroxylation is 1. The van der Waals surface area contributed by atoms with Gasteiger partial charge in [0.1, 0.15) is 0 Å². The maximum absolute atomic E-state index is 12.9. The normalized spacial score (nSPS) is 12.0. The van der Waals surface area contributed by atoms with Gasteiger partial charge in [-0.05, 0) is 38.8 Å². The number of aromatic nitrogens is 4. The third-order valence-corrected chi connectivity index (χ3v) is 5.84. The van der Waals surface area contributed by atoms with Gasteiger partial charge in [0.2, 0.25) is 11.7 Å². The third kappa shape index (κ3) is 4.06. The van der Waals surface area contributed by atoms with Crippen LogP contribution in [-0.4, -0.2) is 36.4 Å². The van der Waals surface area contributed by atoms with Gasteiger partial charge in [-0.15, -0.1) is 10.2 Å². The Bertz CT molecular complexity index is 1050. The van der Waals surface area contributed by atoms with E-state index in [0.29, 0.717) is 22.9 Å². The van der Waals surface area contributed by atoms with Crippen LogP contribution in [0.1, 0.15) is 47.0 Å². The Morgan fingerprint density at radius 1 is 1.21 bits per heavy atom. The van der Waals surface area contributed by atoms with Crippen LogP contribution >= 0.6 is 11.8 Å². The maximum Gasteiger partial charge on any atom is 0.262 e. The summed E-state index contributed by atoms with van der Waals surface area (Å²) in [5.41, 5.74) is 0.470. The smallest absolute Gasteiger partial charge is 0.262 e. The van der Waals surface area contributed by atoms with Gasteiger partial charge in [0, 0.05) is 12.1 Å². The van der Waals surface area contributed by atoms with Crippen molar-refractivity contribution in [3.63, 3.8) is 0 Å². The van der Waals surface area contributed by atoms with Gasteiger partial charge < -0.3 is 5.32 Å². The minimum absolute atomic E-state index is 0.0442. The highest BCUT2D eigenvalue weighted by Gasteiger charge is 2.20. The zero-order valence-electron chi connectivity index (χ0n) is 16.9. The first-order chi connectivity index (χ1) is 13.4. The zero-order valence-corrected chi connectivity index (χ0v) is 17.7. The van der Waals surface area contributed by atoms with Crippen LogP contribution in [0.15, 0.2) is 34.2 Å². The summed E-state index contributed by atoms with van der Waals surface area (Å²) in [5, 5.41) is 12.8. The SMILES string of the molecule is CCCCn1c(=O)c2ccccc2n2c(SCC(=O)NC(C)(C)CC)nnc12. The van der Waals surface area contributed by atoms with Gasteiger partial charge in [-0.2, -0.15) is 0 Å². The summed E-state index contributed by atoms with van der Waals surface area (Å²) in [4.78, 5) is 25.3. The van der Waals surface area contributed by atoms with Gasteiger partial charge >= 0.3 is 0 Å². The molecule has 3 rings (SSSR count). The molecule has 0 saturated heterocycles. The average molecular weight is 402 g/mol. The van der Waals surface area contributed by atoms with Crippen molar-refractivity contribution in [2.45, 2.75) is 64.2 Å². The third-order valence-electron chi connectivity index (χ3n) is 4.91. The monoisotopic (exact) mass is 401 g/mol. The van der Waals surface area contributed by atoms with Crippen LogP contribution in [0, 0.1) is 0 Å². The molecule has 0 spiro atoms. The van der Waals surface area contributed by atoms with Crippen molar-refractivity contribution in [2.75, 3.05) is 5.75 Å². The van der Waals surface area contributed by atoms with Crippen molar-refractivity contribution in [1.82, 2.24) is 24.5 Å². The van der Waals surface area contributed by atoms with Crippen LogP contribution in [0.25, 0.3) is 16.7 Å². The van der Waals surface area contributed by atoms with Crippen molar-refractivity contribution in [3.05, 3.63) is 34.6 Å². The van der Waals surface area contributed by atoms with E-state index in [9.17, 15) is 9.59 Å². The molecule has 150 valence electrons. The van der Waals surface area contributed by atoms with E-state index in [1.165, 1.54) is 11.8 Å². The second-order valence-electron chi connectivity index (χ2n) is 7.52. The van der Waals surface area contributed by atoms with Crippen LogP contribution in [0.2, 0.25) is 0 Å². The van der Waals surface area contributed by atoms with Crippen molar-refractivity contribution >= 4 is 34.3 Å². The number of nitrogens with one attached hydrogen (secondary N) is 1. The number of rotatable bonds is 8. The summed E-state index contributed by atoms with van der Waals surface area (Å²) in [6.45, 7) is 8.73. The number of carbonyl (C=O) groups is 1. The van der Waals surface area contributed by atoms with Crippen LogP contribution < -0.4 is 10.9 Å². The number of hydrogen-bond acceptors (Lipinski definition) is 5. The van der Waals surface area contributed by atoms with Gasteiger partial charge in [0.25, 0.3) is 5.56 Å². The first-order valence-electron chi connectivity index (χ1n) is 9.68. The van der Waals surface area contributed by atoms with E-state index in [-0.39, 0.29) is 22.8 Å². The van der Waals surface area contributed by atoms with Crippen molar-refractivity contribution in [2.24, 2.45) is 0 Å². The molecule has 0 aliphatic carbocycles. The Kier molecular flexibility index (Phi) is 6.07. The second kappa shape index (κ2) is 8.34. The topological polar surface area (TPSA) is 81.3 Å². The number of unbranched alkanes of at least 4 members (excludes halogenated alkanes) is 1. The van der Waals surface area contributed by atoms with E-state index >= 15 is 0 Å². The van der Waals surface area contributed by atoms with Crippen LogP contribution in [-0.2, 0) is 11.3 Å². The van der Waals surface area contributed by atoms with E-state index in [4.69, 9.17) is 0 Å². The molecular formula is C20H27N5O2S. The first kappa shape index (κ1) is 20.4. The molecule has 1 aromatic carbocycles. The lowest BCUT2D eigenvalue weighted by molar-refractivity contribution is -0.120. The molecule has 0 radical (unpaired) electrons. The van der Waals surface area contributed by atoms with Crippen LogP contribution in [0.5, 0.6) is 0 Å². The highest BCUT2D eigenvalue weighted by atomic mass is 32.2. The van der Waals surface area contributed by atoms with Gasteiger partial charge in [-0.3, -0.25) is 18.6 Å². The van der Waals surface area contributed by atoms with Crippen molar-refractivity contribution < 1.29 is 4.79 Å². The van der Waals surface area contributed by atoms with E-state index in [0.717, 1.165) is 24.8 Å². The lowest BCUT2D eigenvalue weighted by atomic mass is 10.0. The summed E-state index contributed by atoms with van der Waals surface area (Å²) in [7, 11) is 0. The Morgan fingerprint density at radius 2 is 1.96 bits per heavy atom. The highest BCUT2D eigenvalue weighted by molar-refractivity contribution is 7.99. The number of nitrogens with zero attached hydrogens (tertiary/aromatic N) is 4. The molecule has 0 fully saturated rings. The molecule has 8 heteroatoms. The number of para-hydroxylation sites is 1. The molecule has 0 aliphatic rings.